The maximum Gasteiger partial charge on any atom is 0.326 e. The summed E-state index contributed by atoms with van der Waals surface area (Å²) in [4.78, 5) is 10.9. The Bertz CT molecular complexity index is 464. The second-order valence-corrected chi connectivity index (χ2v) is 3.97. The topological polar surface area (TPSA) is 86.1 Å². The van der Waals surface area contributed by atoms with Gasteiger partial charge in [0.25, 0.3) is 0 Å². The van der Waals surface area contributed by atoms with E-state index in [2.05, 4.69) is 33.7 Å². The second kappa shape index (κ2) is 5.05. The maximum absolute atomic E-state index is 10.9. The van der Waals surface area contributed by atoms with Crippen molar-refractivity contribution in [2.24, 2.45) is 10.3 Å². The summed E-state index contributed by atoms with van der Waals surface area (Å²) in [7, 11) is 0. The molecular formula is C10H12N4O2S. The monoisotopic (exact) mass is 252 g/mol. The highest BCUT2D eigenvalue weighted by Crippen LogP contribution is 2.25. The highest BCUT2D eigenvalue weighted by atomic mass is 32.1. The van der Waals surface area contributed by atoms with Crippen LogP contribution in [0, 0.1) is 0 Å². The molecule has 0 aromatic heterocycles. The number of benzene rings is 1. The summed E-state index contributed by atoms with van der Waals surface area (Å²) in [6.45, 7) is 0.539. The summed E-state index contributed by atoms with van der Waals surface area (Å²) >= 11 is 3.99. The van der Waals surface area contributed by atoms with Crippen LogP contribution in [0.15, 0.2) is 28.5 Å². The number of nitrogens with zero attached hydrogens (tertiary/aromatic N) is 2. The van der Waals surface area contributed by atoms with Gasteiger partial charge < -0.3 is 10.4 Å². The van der Waals surface area contributed by atoms with Gasteiger partial charge in [-0.15, -0.1) is 0 Å². The molecule has 0 saturated heterocycles. The van der Waals surface area contributed by atoms with Crippen molar-refractivity contribution in [1.82, 2.24) is 0 Å². The molecule has 90 valence electrons. The Morgan fingerprint density at radius 1 is 1.65 bits per heavy atom. The van der Waals surface area contributed by atoms with E-state index in [4.69, 9.17) is 5.11 Å². The number of fused-ring (bicyclic) bond motifs is 1. The summed E-state index contributed by atoms with van der Waals surface area (Å²) in [5, 5.41) is 19.4. The van der Waals surface area contributed by atoms with E-state index in [1.165, 1.54) is 0 Å². The minimum absolute atomic E-state index is 0.222. The summed E-state index contributed by atoms with van der Waals surface area (Å²) in [6.07, 6.45) is 0. The van der Waals surface area contributed by atoms with Crippen LogP contribution in [0.4, 0.5) is 11.4 Å². The molecule has 0 spiro atoms. The second-order valence-electron chi connectivity index (χ2n) is 3.60. The number of aliphatic carboxylic acids is 1. The highest BCUT2D eigenvalue weighted by molar-refractivity contribution is 7.80. The van der Waals surface area contributed by atoms with Crippen LogP contribution in [0.5, 0.6) is 0 Å². The number of carboxylic acids is 1. The number of nitrogens with one attached hydrogen (secondary N) is 2. The molecule has 1 aromatic carbocycles. The van der Waals surface area contributed by atoms with Gasteiger partial charge in [0.05, 0.1) is 12.2 Å². The van der Waals surface area contributed by atoms with Gasteiger partial charge >= 0.3 is 5.97 Å². The van der Waals surface area contributed by atoms with Crippen molar-refractivity contribution in [2.75, 3.05) is 16.5 Å². The van der Waals surface area contributed by atoms with Gasteiger partial charge in [0.2, 0.25) is 0 Å². The number of carbonyl (C=O) groups is 1. The molecular weight excluding hydrogens is 240 g/mol. The van der Waals surface area contributed by atoms with E-state index in [-0.39, 0.29) is 5.75 Å². The lowest BCUT2D eigenvalue weighted by atomic mass is 10.1. The molecule has 1 aromatic rings. The van der Waals surface area contributed by atoms with Gasteiger partial charge in [-0.05, 0) is 12.1 Å². The molecule has 1 aliphatic rings. The number of hydrogen-bond acceptors (Lipinski definition) is 6. The fourth-order valence-electron chi connectivity index (χ4n) is 1.50. The lowest BCUT2D eigenvalue weighted by molar-refractivity contribution is -0.137. The van der Waals surface area contributed by atoms with Crippen molar-refractivity contribution in [1.29, 1.82) is 0 Å². The van der Waals surface area contributed by atoms with Crippen LogP contribution in [0.25, 0.3) is 0 Å². The largest absolute Gasteiger partial charge is 0.480 e. The minimum atomic E-state index is -0.926. The van der Waals surface area contributed by atoms with Gasteiger partial charge in [-0.3, -0.25) is 5.43 Å². The van der Waals surface area contributed by atoms with E-state index >= 15 is 0 Å². The van der Waals surface area contributed by atoms with E-state index < -0.39 is 12.0 Å². The number of carboxylic acid groups (broad SMARTS) is 1. The van der Waals surface area contributed by atoms with E-state index in [0.717, 1.165) is 16.9 Å². The molecule has 1 heterocycles. The Kier molecular flexibility index (Phi) is 3.48. The van der Waals surface area contributed by atoms with Crippen LogP contribution in [0.2, 0.25) is 0 Å². The Balaban J connectivity index is 2.15. The minimum Gasteiger partial charge on any atom is -0.480 e. The molecule has 17 heavy (non-hydrogen) atoms. The average Bonchev–Trinajstić information content (AvgIpc) is 2.35. The van der Waals surface area contributed by atoms with Crippen LogP contribution < -0.4 is 10.7 Å². The smallest absolute Gasteiger partial charge is 0.326 e. The first kappa shape index (κ1) is 11.7. The van der Waals surface area contributed by atoms with Crippen LogP contribution in [0.1, 0.15) is 5.56 Å². The van der Waals surface area contributed by atoms with Crippen LogP contribution in [-0.2, 0) is 11.3 Å². The zero-order valence-corrected chi connectivity index (χ0v) is 9.82. The van der Waals surface area contributed by atoms with Crippen molar-refractivity contribution in [2.45, 2.75) is 12.6 Å². The van der Waals surface area contributed by atoms with Crippen molar-refractivity contribution in [3.05, 3.63) is 23.8 Å². The van der Waals surface area contributed by atoms with Crippen LogP contribution in [-0.4, -0.2) is 22.9 Å². The standard InChI is InChI=1S/C10H12N4O2S/c15-10(16)9(5-17)12-7-2-1-6-4-11-14-13-8(6)3-7/h1-3,9,12,17H,4-5H2,(H,11,13)(H,15,16)/t9-/m0/s1. The Hall–Kier alpha value is -1.76. The van der Waals surface area contributed by atoms with Gasteiger partial charge in [0.15, 0.2) is 0 Å². The number of thiol groups is 1. The van der Waals surface area contributed by atoms with E-state index in [1.807, 2.05) is 18.2 Å². The van der Waals surface area contributed by atoms with Crippen molar-refractivity contribution in [3.8, 4) is 0 Å². The molecule has 1 aliphatic heterocycles. The molecule has 3 N–H and O–H groups in total. The van der Waals surface area contributed by atoms with Crippen LogP contribution >= 0.6 is 12.6 Å². The zero-order chi connectivity index (χ0) is 12.3. The summed E-state index contributed by atoms with van der Waals surface area (Å²) < 4.78 is 0. The molecule has 0 radical (unpaired) electrons. The number of rotatable bonds is 4. The lowest BCUT2D eigenvalue weighted by Gasteiger charge is -2.16. The molecule has 6 nitrogen and oxygen atoms in total. The van der Waals surface area contributed by atoms with Gasteiger partial charge in [0.1, 0.15) is 6.04 Å². The predicted molar refractivity (Wildman–Crippen MR) is 67.5 cm³/mol. The first-order valence-corrected chi connectivity index (χ1v) is 5.69. The van der Waals surface area contributed by atoms with Gasteiger partial charge in [-0.25, -0.2) is 4.79 Å². The molecule has 0 bridgehead atoms. The Morgan fingerprint density at radius 2 is 2.47 bits per heavy atom. The third kappa shape index (κ3) is 2.68. The molecule has 7 heteroatoms. The zero-order valence-electron chi connectivity index (χ0n) is 8.92. The van der Waals surface area contributed by atoms with E-state index in [1.54, 1.807) is 0 Å². The molecule has 0 unspecified atom stereocenters. The molecule has 0 saturated carbocycles. The third-order valence-electron chi connectivity index (χ3n) is 2.41. The van der Waals surface area contributed by atoms with E-state index in [9.17, 15) is 4.79 Å². The van der Waals surface area contributed by atoms with Gasteiger partial charge in [-0.2, -0.15) is 17.7 Å². The predicted octanol–water partition coefficient (Wildman–Crippen LogP) is 1.77. The van der Waals surface area contributed by atoms with Crippen molar-refractivity contribution in [3.63, 3.8) is 0 Å². The highest BCUT2D eigenvalue weighted by Gasteiger charge is 2.15. The molecule has 1 atom stereocenters. The maximum atomic E-state index is 10.9. The SMILES string of the molecule is O=C(O)[C@H](CS)Nc1ccc2c(c1)NN=NC2. The Morgan fingerprint density at radius 3 is 3.18 bits per heavy atom. The molecule has 0 amide bonds. The quantitative estimate of drug-likeness (QED) is 0.615. The van der Waals surface area contributed by atoms with E-state index in [0.29, 0.717) is 6.54 Å². The lowest BCUT2D eigenvalue weighted by Crippen LogP contribution is -2.30. The molecule has 0 fully saturated rings. The van der Waals surface area contributed by atoms with Crippen molar-refractivity contribution >= 4 is 30.0 Å². The van der Waals surface area contributed by atoms with Gasteiger partial charge in [0, 0.05) is 17.0 Å². The third-order valence-corrected chi connectivity index (χ3v) is 2.78. The molecule has 2 rings (SSSR count). The molecule has 0 aliphatic carbocycles. The summed E-state index contributed by atoms with van der Waals surface area (Å²) in [5.41, 5.74) is 5.36. The Labute approximate surface area is 104 Å². The fraction of sp³-hybridized carbons (Fsp3) is 0.300. The first-order chi connectivity index (χ1) is 8.20. The first-order valence-electron chi connectivity index (χ1n) is 5.06. The van der Waals surface area contributed by atoms with Crippen LogP contribution in [0.3, 0.4) is 0 Å². The summed E-state index contributed by atoms with van der Waals surface area (Å²) in [5.74, 6) is -0.704. The number of hydrogen-bond donors (Lipinski definition) is 4. The van der Waals surface area contributed by atoms with Gasteiger partial charge in [-0.1, -0.05) is 11.3 Å². The number of anilines is 2. The summed E-state index contributed by atoms with van der Waals surface area (Å²) in [6, 6.07) is 4.81. The van der Waals surface area contributed by atoms with Crippen molar-refractivity contribution < 1.29 is 9.90 Å². The normalized spacial score (nSPS) is 14.6. The fourth-order valence-corrected chi connectivity index (χ4v) is 1.74. The average molecular weight is 252 g/mol.